The molecule has 3 aromatic carbocycles. The van der Waals surface area contributed by atoms with Gasteiger partial charge in [0, 0.05) is 34.0 Å². The number of nitrogens with zero attached hydrogens (tertiary/aromatic N) is 3. The van der Waals surface area contributed by atoms with E-state index in [0.717, 1.165) is 27.7 Å². The van der Waals surface area contributed by atoms with Crippen molar-refractivity contribution in [2.75, 3.05) is 0 Å². The third kappa shape index (κ3) is 3.64. The van der Waals surface area contributed by atoms with Crippen molar-refractivity contribution >= 4 is 34.3 Å². The Morgan fingerprint density at radius 2 is 1.68 bits per heavy atom. The van der Waals surface area contributed by atoms with Crippen LogP contribution < -0.4 is 0 Å². The second kappa shape index (κ2) is 7.85. The first-order valence-electron chi connectivity index (χ1n) is 9.86. The number of para-hydroxylation sites is 1. The Kier molecular flexibility index (Phi) is 4.88. The highest BCUT2D eigenvalue weighted by Crippen LogP contribution is 2.36. The third-order valence-corrected chi connectivity index (χ3v) is 5.36. The molecule has 1 aliphatic rings. The minimum absolute atomic E-state index is 0.218. The van der Waals surface area contributed by atoms with Gasteiger partial charge in [0.05, 0.1) is 11.2 Å². The van der Waals surface area contributed by atoms with Crippen molar-refractivity contribution in [1.29, 1.82) is 0 Å². The summed E-state index contributed by atoms with van der Waals surface area (Å²) in [6.07, 6.45) is -0.707. The number of amides is 1. The van der Waals surface area contributed by atoms with Crippen LogP contribution >= 0.6 is 11.6 Å². The van der Waals surface area contributed by atoms with Crippen LogP contribution in [0.5, 0.6) is 0 Å². The number of ether oxygens (including phenoxy) is 1. The lowest BCUT2D eigenvalue weighted by Crippen LogP contribution is -2.25. The zero-order valence-corrected chi connectivity index (χ0v) is 17.5. The van der Waals surface area contributed by atoms with Crippen LogP contribution in [0.1, 0.15) is 24.3 Å². The summed E-state index contributed by atoms with van der Waals surface area (Å²) < 4.78 is 6.23. The summed E-state index contributed by atoms with van der Waals surface area (Å²) in [7, 11) is 0. The molecule has 0 N–H and O–H groups in total. The Balaban J connectivity index is 1.65. The summed E-state index contributed by atoms with van der Waals surface area (Å²) in [6.45, 7) is 1.47. The summed E-state index contributed by atoms with van der Waals surface area (Å²) >= 11 is 6.14. The van der Waals surface area contributed by atoms with Crippen LogP contribution in [-0.4, -0.2) is 21.8 Å². The monoisotopic (exact) mass is 427 g/mol. The first kappa shape index (κ1) is 19.3. The molecule has 5 rings (SSSR count). The van der Waals surface area contributed by atoms with Crippen LogP contribution in [0, 0.1) is 0 Å². The minimum atomic E-state index is -0.707. The molecule has 2 heterocycles. The van der Waals surface area contributed by atoms with Crippen LogP contribution in [0.15, 0.2) is 90.0 Å². The van der Waals surface area contributed by atoms with E-state index < -0.39 is 6.23 Å². The lowest BCUT2D eigenvalue weighted by atomic mass is 10.0. The number of hydrazone groups is 1. The molecule has 0 bridgehead atoms. The fourth-order valence-corrected chi connectivity index (χ4v) is 3.86. The summed E-state index contributed by atoms with van der Waals surface area (Å²) in [6, 6.07) is 26.9. The number of carbonyl (C=O) groups excluding carboxylic acids is 1. The maximum atomic E-state index is 12.5. The number of pyridine rings is 1. The molecule has 31 heavy (non-hydrogen) atoms. The number of fused-ring (bicyclic) bond motifs is 1. The summed E-state index contributed by atoms with van der Waals surface area (Å²) in [5, 5.41) is 7.31. The minimum Gasteiger partial charge on any atom is -0.446 e. The fourth-order valence-electron chi connectivity index (χ4n) is 3.67. The quantitative estimate of drug-likeness (QED) is 0.415. The van der Waals surface area contributed by atoms with E-state index in [2.05, 4.69) is 5.10 Å². The zero-order chi connectivity index (χ0) is 21.4. The van der Waals surface area contributed by atoms with Gasteiger partial charge >= 0.3 is 0 Å². The Morgan fingerprint density at radius 3 is 2.45 bits per heavy atom. The van der Waals surface area contributed by atoms with E-state index in [1.165, 1.54) is 11.9 Å². The van der Waals surface area contributed by atoms with Crippen molar-refractivity contribution in [3.05, 3.63) is 101 Å². The second-order valence-corrected chi connectivity index (χ2v) is 7.67. The Hall–Kier alpha value is -3.70. The van der Waals surface area contributed by atoms with Gasteiger partial charge in [-0.15, -0.1) is 5.10 Å². The zero-order valence-electron chi connectivity index (χ0n) is 16.7. The number of rotatable bonds is 3. The topological polar surface area (TPSA) is 54.8 Å². The van der Waals surface area contributed by atoms with Crippen LogP contribution in [0.25, 0.3) is 22.2 Å². The molecule has 0 fully saturated rings. The Morgan fingerprint density at radius 1 is 0.935 bits per heavy atom. The molecule has 5 nitrogen and oxygen atoms in total. The van der Waals surface area contributed by atoms with Gasteiger partial charge in [-0.3, -0.25) is 4.79 Å². The number of hydrogen-bond donors (Lipinski definition) is 0. The molecule has 1 aliphatic heterocycles. The predicted molar refractivity (Wildman–Crippen MR) is 122 cm³/mol. The highest BCUT2D eigenvalue weighted by molar-refractivity contribution is 6.31. The van der Waals surface area contributed by atoms with Crippen LogP contribution in [-0.2, 0) is 9.53 Å². The van der Waals surface area contributed by atoms with Gasteiger partial charge in [-0.05, 0) is 30.3 Å². The maximum absolute atomic E-state index is 12.5. The third-order valence-electron chi connectivity index (χ3n) is 5.12. The van der Waals surface area contributed by atoms with Crippen molar-refractivity contribution in [3.8, 4) is 11.3 Å². The van der Waals surface area contributed by atoms with Crippen LogP contribution in [0.3, 0.4) is 0 Å². The van der Waals surface area contributed by atoms with Crippen molar-refractivity contribution in [2.24, 2.45) is 5.10 Å². The molecular weight excluding hydrogens is 410 g/mol. The summed E-state index contributed by atoms with van der Waals surface area (Å²) in [5.41, 5.74) is 4.14. The lowest BCUT2D eigenvalue weighted by Gasteiger charge is -2.21. The summed E-state index contributed by atoms with van der Waals surface area (Å²) in [4.78, 5) is 17.3. The highest BCUT2D eigenvalue weighted by atomic mass is 35.5. The van der Waals surface area contributed by atoms with E-state index in [1.807, 2.05) is 72.8 Å². The molecule has 0 saturated carbocycles. The Labute approximate surface area is 184 Å². The van der Waals surface area contributed by atoms with Crippen LogP contribution in [0.2, 0.25) is 5.02 Å². The summed E-state index contributed by atoms with van der Waals surface area (Å²) in [5.74, 6) is 0.133. The molecule has 0 radical (unpaired) electrons. The Bertz CT molecular complexity index is 1320. The molecule has 1 aromatic heterocycles. The molecule has 0 aliphatic carbocycles. The molecule has 0 saturated heterocycles. The van der Waals surface area contributed by atoms with E-state index in [4.69, 9.17) is 21.3 Å². The molecule has 152 valence electrons. The standard InChI is InChI=1S/C25H18ClN3O2/c1-16(30)29-25(31-24(28-29)18-10-7-11-19(26)14-18)21-15-23(17-8-3-2-4-9-17)27-22-13-6-5-12-20(21)22/h2-15,25H,1H3/t25-/m1/s1. The molecule has 0 unspecified atom stereocenters. The predicted octanol–water partition coefficient (Wildman–Crippen LogP) is 5.79. The van der Waals surface area contributed by atoms with Gasteiger partial charge in [0.1, 0.15) is 0 Å². The van der Waals surface area contributed by atoms with Crippen LogP contribution in [0.4, 0.5) is 0 Å². The molecule has 1 atom stereocenters. The van der Waals surface area contributed by atoms with Gasteiger partial charge in [-0.1, -0.05) is 66.2 Å². The number of halogens is 1. The highest BCUT2D eigenvalue weighted by Gasteiger charge is 2.34. The average molecular weight is 428 g/mol. The molecule has 1 amide bonds. The van der Waals surface area contributed by atoms with Crippen molar-refractivity contribution < 1.29 is 9.53 Å². The molecular formula is C25H18ClN3O2. The van der Waals surface area contributed by atoms with E-state index in [9.17, 15) is 4.79 Å². The maximum Gasteiger partial charge on any atom is 0.243 e. The van der Waals surface area contributed by atoms with E-state index in [1.54, 1.807) is 12.1 Å². The molecule has 4 aromatic rings. The average Bonchev–Trinajstić information content (AvgIpc) is 3.25. The van der Waals surface area contributed by atoms with Crippen molar-refractivity contribution in [3.63, 3.8) is 0 Å². The smallest absolute Gasteiger partial charge is 0.243 e. The van der Waals surface area contributed by atoms with E-state index in [-0.39, 0.29) is 5.91 Å². The SMILES string of the molecule is CC(=O)N1N=C(c2cccc(Cl)c2)O[C@@H]1c1cc(-c2ccccc2)nc2ccccc12. The molecule has 6 heteroatoms. The first-order valence-corrected chi connectivity index (χ1v) is 10.2. The van der Waals surface area contributed by atoms with Gasteiger partial charge in [-0.25, -0.2) is 4.98 Å². The largest absolute Gasteiger partial charge is 0.446 e. The van der Waals surface area contributed by atoms with Gasteiger partial charge < -0.3 is 4.74 Å². The van der Waals surface area contributed by atoms with Crippen molar-refractivity contribution in [1.82, 2.24) is 9.99 Å². The van der Waals surface area contributed by atoms with Gasteiger partial charge in [-0.2, -0.15) is 5.01 Å². The second-order valence-electron chi connectivity index (χ2n) is 7.23. The fraction of sp³-hybridized carbons (Fsp3) is 0.0800. The van der Waals surface area contributed by atoms with E-state index >= 15 is 0 Å². The normalized spacial score (nSPS) is 15.6. The number of benzene rings is 3. The van der Waals surface area contributed by atoms with Gasteiger partial charge in [0.25, 0.3) is 0 Å². The van der Waals surface area contributed by atoms with Gasteiger partial charge in [0.15, 0.2) is 0 Å². The number of carbonyl (C=O) groups is 1. The van der Waals surface area contributed by atoms with E-state index in [0.29, 0.717) is 16.5 Å². The van der Waals surface area contributed by atoms with Gasteiger partial charge in [0.2, 0.25) is 18.0 Å². The number of aromatic nitrogens is 1. The first-order chi connectivity index (χ1) is 15.1. The van der Waals surface area contributed by atoms with Crippen molar-refractivity contribution in [2.45, 2.75) is 13.2 Å². The lowest BCUT2D eigenvalue weighted by molar-refractivity contribution is -0.135. The number of hydrogen-bond acceptors (Lipinski definition) is 4. The molecule has 0 spiro atoms.